The maximum absolute atomic E-state index is 5.62. The van der Waals surface area contributed by atoms with Crippen LogP contribution in [-0.2, 0) is 0 Å². The molecule has 0 fully saturated rings. The molecule has 3 aromatic carbocycles. The van der Waals surface area contributed by atoms with Crippen LogP contribution in [0.25, 0.3) is 27.8 Å². The van der Waals surface area contributed by atoms with Crippen LogP contribution >= 0.6 is 0 Å². The van der Waals surface area contributed by atoms with E-state index >= 15 is 0 Å². The summed E-state index contributed by atoms with van der Waals surface area (Å²) in [5, 5.41) is 4.37. The average Bonchev–Trinajstić information content (AvgIpc) is 3.30. The van der Waals surface area contributed by atoms with Crippen LogP contribution in [-0.4, -0.2) is 35.4 Å². The van der Waals surface area contributed by atoms with E-state index in [0.29, 0.717) is 23.9 Å². The van der Waals surface area contributed by atoms with Gasteiger partial charge in [0.15, 0.2) is 17.1 Å². The van der Waals surface area contributed by atoms with Crippen LogP contribution in [0.4, 0.5) is 11.5 Å². The number of rotatable bonds is 8. The van der Waals surface area contributed by atoms with Gasteiger partial charge in [0.2, 0.25) is 0 Å². The highest BCUT2D eigenvalue weighted by Crippen LogP contribution is 2.37. The molecule has 5 aromatic rings. The van der Waals surface area contributed by atoms with E-state index in [2.05, 4.69) is 38.2 Å². The van der Waals surface area contributed by atoms with Crippen molar-refractivity contribution in [2.75, 3.05) is 26.1 Å². The van der Waals surface area contributed by atoms with Crippen LogP contribution in [0, 0.1) is 0 Å². The van der Waals surface area contributed by atoms with Gasteiger partial charge in [-0.15, -0.1) is 0 Å². The molecule has 0 unspecified atom stereocenters. The lowest BCUT2D eigenvalue weighted by molar-refractivity contribution is 0.340. The Morgan fingerprint density at radius 1 is 0.857 bits per heavy atom. The van der Waals surface area contributed by atoms with Crippen LogP contribution in [0.5, 0.6) is 17.2 Å². The fraction of sp³-hybridized carbons (Fsp3) is 0.143. The fourth-order valence-electron chi connectivity index (χ4n) is 4.11. The van der Waals surface area contributed by atoms with Gasteiger partial charge >= 0.3 is 0 Å². The first-order valence-corrected chi connectivity index (χ1v) is 11.4. The topological polar surface area (TPSA) is 70.4 Å². The normalized spacial score (nSPS) is 10.8. The molecule has 0 amide bonds. The quantitative estimate of drug-likeness (QED) is 0.292. The molecule has 0 spiro atoms. The van der Waals surface area contributed by atoms with Crippen molar-refractivity contribution < 1.29 is 14.2 Å². The first kappa shape index (κ1) is 22.3. The largest absolute Gasteiger partial charge is 0.494 e. The Hall–Kier alpha value is -4.52. The van der Waals surface area contributed by atoms with Gasteiger partial charge < -0.3 is 24.1 Å². The van der Waals surface area contributed by atoms with E-state index in [-0.39, 0.29) is 0 Å². The number of methoxy groups -OCH3 is 2. The van der Waals surface area contributed by atoms with Crippen molar-refractivity contribution >= 4 is 22.5 Å². The highest BCUT2D eigenvalue weighted by molar-refractivity contribution is 6.03. The molecule has 5 rings (SSSR count). The molecule has 0 bridgehead atoms. The van der Waals surface area contributed by atoms with E-state index in [1.165, 1.54) is 0 Å². The Balaban J connectivity index is 1.66. The van der Waals surface area contributed by atoms with Crippen molar-refractivity contribution in [1.29, 1.82) is 0 Å². The van der Waals surface area contributed by atoms with E-state index < -0.39 is 0 Å². The standard InChI is InChI=1S/C28H26N4O3/c1-4-35-22-13-11-21(12-14-22)32-17-23(19-8-6-5-7-9-19)26-27(29-18-30-28(26)32)31-20-10-15-24(33-2)25(16-20)34-3/h5-18H,4H2,1-3H3,(H,29,30,31). The number of aromatic nitrogens is 3. The number of nitrogens with one attached hydrogen (secondary N) is 1. The smallest absolute Gasteiger partial charge is 0.162 e. The molecule has 0 atom stereocenters. The predicted molar refractivity (Wildman–Crippen MR) is 138 cm³/mol. The lowest BCUT2D eigenvalue weighted by Crippen LogP contribution is -1.99. The van der Waals surface area contributed by atoms with Gasteiger partial charge in [-0.2, -0.15) is 0 Å². The van der Waals surface area contributed by atoms with E-state index in [0.717, 1.165) is 39.3 Å². The summed E-state index contributed by atoms with van der Waals surface area (Å²) in [7, 11) is 3.24. The number of fused-ring (bicyclic) bond motifs is 1. The minimum absolute atomic E-state index is 0.627. The molecule has 0 aliphatic carbocycles. The Bertz CT molecular complexity index is 1450. The van der Waals surface area contributed by atoms with Gasteiger partial charge in [-0.05, 0) is 48.9 Å². The summed E-state index contributed by atoms with van der Waals surface area (Å²) < 4.78 is 18.5. The maximum Gasteiger partial charge on any atom is 0.162 e. The Morgan fingerprint density at radius 2 is 1.63 bits per heavy atom. The first-order chi connectivity index (χ1) is 17.2. The molecule has 0 saturated carbocycles. The van der Waals surface area contributed by atoms with E-state index in [1.54, 1.807) is 20.5 Å². The molecule has 2 aromatic heterocycles. The third-order valence-electron chi connectivity index (χ3n) is 5.74. The number of hydrogen-bond donors (Lipinski definition) is 1. The summed E-state index contributed by atoms with van der Waals surface area (Å²) in [6.07, 6.45) is 3.68. The minimum atomic E-state index is 0.627. The monoisotopic (exact) mass is 466 g/mol. The molecular weight excluding hydrogens is 440 g/mol. The Labute approximate surface area is 203 Å². The summed E-state index contributed by atoms with van der Waals surface area (Å²) in [5.74, 6) is 2.84. The number of benzene rings is 3. The van der Waals surface area contributed by atoms with Gasteiger partial charge in [-0.3, -0.25) is 0 Å². The van der Waals surface area contributed by atoms with Crippen LogP contribution < -0.4 is 19.5 Å². The minimum Gasteiger partial charge on any atom is -0.494 e. The molecule has 2 heterocycles. The van der Waals surface area contributed by atoms with E-state index in [4.69, 9.17) is 14.2 Å². The highest BCUT2D eigenvalue weighted by Gasteiger charge is 2.18. The summed E-state index contributed by atoms with van der Waals surface area (Å²) >= 11 is 0. The molecule has 0 aliphatic rings. The van der Waals surface area contributed by atoms with Gasteiger partial charge in [0.1, 0.15) is 17.9 Å². The third-order valence-corrected chi connectivity index (χ3v) is 5.74. The third kappa shape index (κ3) is 4.36. The van der Waals surface area contributed by atoms with Crippen LogP contribution in [0.3, 0.4) is 0 Å². The van der Waals surface area contributed by atoms with E-state index in [1.807, 2.05) is 67.6 Å². The molecule has 1 N–H and O–H groups in total. The molecule has 176 valence electrons. The van der Waals surface area contributed by atoms with Crippen molar-refractivity contribution in [2.24, 2.45) is 0 Å². The van der Waals surface area contributed by atoms with Gasteiger partial charge in [0, 0.05) is 29.2 Å². The zero-order chi connectivity index (χ0) is 24.2. The zero-order valence-corrected chi connectivity index (χ0v) is 19.9. The number of hydrogen-bond acceptors (Lipinski definition) is 6. The van der Waals surface area contributed by atoms with Crippen molar-refractivity contribution in [2.45, 2.75) is 6.92 Å². The Kier molecular flexibility index (Phi) is 6.22. The van der Waals surface area contributed by atoms with Gasteiger partial charge in [-0.25, -0.2) is 9.97 Å². The lowest BCUT2D eigenvalue weighted by atomic mass is 10.1. The van der Waals surface area contributed by atoms with Crippen LogP contribution in [0.2, 0.25) is 0 Å². The van der Waals surface area contributed by atoms with Crippen molar-refractivity contribution in [3.8, 4) is 34.1 Å². The molecular formula is C28H26N4O3. The predicted octanol–water partition coefficient (Wildman–Crippen LogP) is 6.25. The molecule has 0 radical (unpaired) electrons. The number of nitrogens with zero attached hydrogens (tertiary/aromatic N) is 3. The summed E-state index contributed by atoms with van der Waals surface area (Å²) in [6, 6.07) is 23.9. The maximum atomic E-state index is 5.62. The summed E-state index contributed by atoms with van der Waals surface area (Å²) in [6.45, 7) is 2.60. The number of anilines is 2. The zero-order valence-electron chi connectivity index (χ0n) is 19.9. The summed E-state index contributed by atoms with van der Waals surface area (Å²) in [5.41, 5.74) is 4.71. The first-order valence-electron chi connectivity index (χ1n) is 11.4. The van der Waals surface area contributed by atoms with Crippen LogP contribution in [0.1, 0.15) is 6.92 Å². The van der Waals surface area contributed by atoms with Crippen molar-refractivity contribution in [1.82, 2.24) is 14.5 Å². The van der Waals surface area contributed by atoms with Gasteiger partial charge in [-0.1, -0.05) is 30.3 Å². The SMILES string of the molecule is CCOc1ccc(-n2cc(-c3ccccc3)c3c(Nc4ccc(OC)c(OC)c4)ncnc32)cc1. The molecule has 7 nitrogen and oxygen atoms in total. The molecule has 0 aliphatic heterocycles. The van der Waals surface area contributed by atoms with Crippen LogP contribution in [0.15, 0.2) is 85.3 Å². The Morgan fingerprint density at radius 3 is 2.34 bits per heavy atom. The number of ether oxygens (including phenoxy) is 3. The van der Waals surface area contributed by atoms with Gasteiger partial charge in [0.25, 0.3) is 0 Å². The van der Waals surface area contributed by atoms with Gasteiger partial charge in [0.05, 0.1) is 26.2 Å². The van der Waals surface area contributed by atoms with Crippen molar-refractivity contribution in [3.05, 3.63) is 85.3 Å². The van der Waals surface area contributed by atoms with E-state index in [9.17, 15) is 0 Å². The fourth-order valence-corrected chi connectivity index (χ4v) is 4.11. The second kappa shape index (κ2) is 9.77. The highest BCUT2D eigenvalue weighted by atomic mass is 16.5. The van der Waals surface area contributed by atoms with Crippen molar-refractivity contribution in [3.63, 3.8) is 0 Å². The average molecular weight is 467 g/mol. The molecule has 0 saturated heterocycles. The molecule has 35 heavy (non-hydrogen) atoms. The molecule has 7 heteroatoms. The second-order valence-electron chi connectivity index (χ2n) is 7.82. The summed E-state index contributed by atoms with van der Waals surface area (Å²) in [4.78, 5) is 9.27. The lowest BCUT2D eigenvalue weighted by Gasteiger charge is -2.12. The second-order valence-corrected chi connectivity index (χ2v) is 7.82.